The van der Waals surface area contributed by atoms with Gasteiger partial charge in [0.2, 0.25) is 0 Å². The second-order valence-corrected chi connectivity index (χ2v) is 5.89. The topological polar surface area (TPSA) is 29.3 Å². The van der Waals surface area contributed by atoms with Crippen molar-refractivity contribution in [2.45, 2.75) is 32.5 Å². The Labute approximate surface area is 96.0 Å². The molecular weight excluding hydrogens is 204 g/mol. The molecule has 0 fully saturated rings. The van der Waals surface area contributed by atoms with Crippen molar-refractivity contribution in [3.8, 4) is 0 Å². The van der Waals surface area contributed by atoms with Gasteiger partial charge >= 0.3 is 0 Å². The van der Waals surface area contributed by atoms with Crippen LogP contribution in [0.3, 0.4) is 0 Å². The highest BCUT2D eigenvalue weighted by atomic mass is 32.2. The van der Waals surface area contributed by atoms with Crippen LogP contribution in [0.15, 0.2) is 24.3 Å². The monoisotopic (exact) mass is 222 g/mol. The van der Waals surface area contributed by atoms with E-state index in [0.29, 0.717) is 0 Å². The first-order chi connectivity index (χ1) is 7.04. The maximum atomic E-state index is 5.97. The Morgan fingerprint density at radius 3 is 2.27 bits per heavy atom. The highest BCUT2D eigenvalue weighted by molar-refractivity contribution is 7.97. The van der Waals surface area contributed by atoms with E-state index in [1.807, 2.05) is 11.9 Å². The number of fused-ring (bicyclic) bond motifs is 1. The second-order valence-electron chi connectivity index (χ2n) is 4.83. The van der Waals surface area contributed by atoms with E-state index in [9.17, 15) is 0 Å². The summed E-state index contributed by atoms with van der Waals surface area (Å²) < 4.78 is 2.39. The predicted octanol–water partition coefficient (Wildman–Crippen LogP) is 2.39. The van der Waals surface area contributed by atoms with E-state index in [-0.39, 0.29) is 5.54 Å². The standard InChI is InChI=1S/C12H18N2S/c1-12(2,13)9-15-14-7-10-5-3-4-6-11(10)8-14/h3-6H,7-9,13H2,1-2H3. The van der Waals surface area contributed by atoms with Crippen molar-refractivity contribution in [1.82, 2.24) is 4.31 Å². The summed E-state index contributed by atoms with van der Waals surface area (Å²) >= 11 is 1.86. The molecule has 2 N–H and O–H groups in total. The van der Waals surface area contributed by atoms with E-state index >= 15 is 0 Å². The molecule has 0 amide bonds. The van der Waals surface area contributed by atoms with Gasteiger partial charge in [0.1, 0.15) is 0 Å². The molecule has 2 nitrogen and oxygen atoms in total. The number of rotatable bonds is 3. The average Bonchev–Trinajstić information content (AvgIpc) is 2.56. The van der Waals surface area contributed by atoms with Crippen LogP contribution in [0.4, 0.5) is 0 Å². The maximum absolute atomic E-state index is 5.97. The Balaban J connectivity index is 1.91. The van der Waals surface area contributed by atoms with Crippen molar-refractivity contribution in [3.63, 3.8) is 0 Å². The van der Waals surface area contributed by atoms with Gasteiger partial charge in [-0.1, -0.05) is 36.2 Å². The van der Waals surface area contributed by atoms with E-state index in [0.717, 1.165) is 18.8 Å². The molecule has 0 saturated heterocycles. The molecule has 1 aliphatic heterocycles. The molecule has 0 aromatic heterocycles. The van der Waals surface area contributed by atoms with Crippen molar-refractivity contribution in [2.24, 2.45) is 5.73 Å². The lowest BCUT2D eigenvalue weighted by atomic mass is 10.1. The first-order valence-electron chi connectivity index (χ1n) is 5.28. The highest BCUT2D eigenvalue weighted by Crippen LogP contribution is 2.29. The smallest absolute Gasteiger partial charge is 0.0347 e. The second kappa shape index (κ2) is 4.16. The zero-order valence-electron chi connectivity index (χ0n) is 9.36. The van der Waals surface area contributed by atoms with Gasteiger partial charge in [-0.2, -0.15) is 0 Å². The van der Waals surface area contributed by atoms with E-state index in [1.54, 1.807) is 0 Å². The van der Waals surface area contributed by atoms with Crippen molar-refractivity contribution in [1.29, 1.82) is 0 Å². The fraction of sp³-hybridized carbons (Fsp3) is 0.500. The van der Waals surface area contributed by atoms with Crippen LogP contribution in [0.25, 0.3) is 0 Å². The van der Waals surface area contributed by atoms with Crippen LogP contribution in [0.5, 0.6) is 0 Å². The summed E-state index contributed by atoms with van der Waals surface area (Å²) in [6.45, 7) is 6.25. The van der Waals surface area contributed by atoms with Gasteiger partial charge in [0.25, 0.3) is 0 Å². The molecule has 0 atom stereocenters. The number of nitrogens with two attached hydrogens (primary N) is 1. The summed E-state index contributed by atoms with van der Waals surface area (Å²) in [6, 6.07) is 8.65. The Bertz CT molecular complexity index is 319. The van der Waals surface area contributed by atoms with Crippen LogP contribution < -0.4 is 5.73 Å². The van der Waals surface area contributed by atoms with Gasteiger partial charge in [0.15, 0.2) is 0 Å². The van der Waals surface area contributed by atoms with Crippen LogP contribution in [0.2, 0.25) is 0 Å². The normalized spacial score (nSPS) is 16.7. The molecule has 2 rings (SSSR count). The Kier molecular flexibility index (Phi) is 3.05. The molecule has 1 aromatic rings. The minimum absolute atomic E-state index is 0.0839. The largest absolute Gasteiger partial charge is 0.325 e. The third-order valence-corrected chi connectivity index (χ3v) is 3.93. The molecule has 3 heteroatoms. The summed E-state index contributed by atoms with van der Waals surface area (Å²) in [5, 5.41) is 0. The van der Waals surface area contributed by atoms with Crippen LogP contribution in [0, 0.1) is 0 Å². The van der Waals surface area contributed by atoms with Crippen molar-refractivity contribution >= 4 is 11.9 Å². The predicted molar refractivity (Wildman–Crippen MR) is 66.4 cm³/mol. The number of hydrogen-bond acceptors (Lipinski definition) is 3. The molecule has 82 valence electrons. The zero-order chi connectivity index (χ0) is 10.9. The molecular formula is C12H18N2S. The fourth-order valence-electron chi connectivity index (χ4n) is 1.65. The van der Waals surface area contributed by atoms with E-state index in [1.165, 1.54) is 11.1 Å². The SMILES string of the molecule is CC(C)(N)CSN1Cc2ccccc2C1. The molecule has 1 heterocycles. The van der Waals surface area contributed by atoms with Gasteiger partial charge in [-0.05, 0) is 25.0 Å². The molecule has 0 saturated carbocycles. The number of benzene rings is 1. The number of nitrogens with zero attached hydrogens (tertiary/aromatic N) is 1. The summed E-state index contributed by atoms with van der Waals surface area (Å²) in [4.78, 5) is 0. The lowest BCUT2D eigenvalue weighted by molar-refractivity contribution is 0.498. The molecule has 0 aliphatic carbocycles. The van der Waals surface area contributed by atoms with Gasteiger partial charge in [-0.15, -0.1) is 0 Å². The lowest BCUT2D eigenvalue weighted by Crippen LogP contribution is -2.35. The minimum Gasteiger partial charge on any atom is -0.325 e. The highest BCUT2D eigenvalue weighted by Gasteiger charge is 2.20. The number of hydrogen-bond donors (Lipinski definition) is 1. The minimum atomic E-state index is -0.0839. The molecule has 0 radical (unpaired) electrons. The van der Waals surface area contributed by atoms with E-state index in [4.69, 9.17) is 5.73 Å². The van der Waals surface area contributed by atoms with Crippen LogP contribution in [-0.4, -0.2) is 15.6 Å². The van der Waals surface area contributed by atoms with Crippen molar-refractivity contribution in [2.75, 3.05) is 5.75 Å². The molecule has 1 aliphatic rings. The van der Waals surface area contributed by atoms with E-state index in [2.05, 4.69) is 42.4 Å². The molecule has 0 spiro atoms. The third-order valence-electron chi connectivity index (χ3n) is 2.43. The van der Waals surface area contributed by atoms with Gasteiger partial charge in [0.05, 0.1) is 0 Å². The van der Waals surface area contributed by atoms with Crippen LogP contribution in [0.1, 0.15) is 25.0 Å². The summed E-state index contributed by atoms with van der Waals surface area (Å²) in [5.41, 5.74) is 8.80. The molecule has 1 aromatic carbocycles. The third kappa shape index (κ3) is 2.97. The molecule has 0 unspecified atom stereocenters. The van der Waals surface area contributed by atoms with Crippen LogP contribution in [-0.2, 0) is 13.1 Å². The molecule has 0 bridgehead atoms. The Morgan fingerprint density at radius 2 is 1.80 bits per heavy atom. The van der Waals surface area contributed by atoms with Gasteiger partial charge < -0.3 is 5.73 Å². The summed E-state index contributed by atoms with van der Waals surface area (Å²) in [5.74, 6) is 0.973. The van der Waals surface area contributed by atoms with Crippen LogP contribution >= 0.6 is 11.9 Å². The van der Waals surface area contributed by atoms with Crippen molar-refractivity contribution in [3.05, 3.63) is 35.4 Å². The summed E-state index contributed by atoms with van der Waals surface area (Å²) in [6.07, 6.45) is 0. The van der Waals surface area contributed by atoms with Gasteiger partial charge in [-0.3, -0.25) is 0 Å². The first-order valence-corrected chi connectivity index (χ1v) is 6.22. The first kappa shape index (κ1) is 11.0. The molecule has 15 heavy (non-hydrogen) atoms. The Hall–Kier alpha value is -0.510. The van der Waals surface area contributed by atoms with E-state index < -0.39 is 0 Å². The lowest BCUT2D eigenvalue weighted by Gasteiger charge is -2.21. The summed E-state index contributed by atoms with van der Waals surface area (Å²) in [7, 11) is 0. The zero-order valence-corrected chi connectivity index (χ0v) is 10.2. The Morgan fingerprint density at radius 1 is 1.27 bits per heavy atom. The van der Waals surface area contributed by atoms with Crippen molar-refractivity contribution < 1.29 is 0 Å². The maximum Gasteiger partial charge on any atom is 0.0347 e. The van der Waals surface area contributed by atoms with Gasteiger partial charge in [-0.25, -0.2) is 4.31 Å². The quantitative estimate of drug-likeness (QED) is 0.796. The van der Waals surface area contributed by atoms with Gasteiger partial charge in [0, 0.05) is 24.4 Å². The fourth-order valence-corrected chi connectivity index (χ4v) is 2.63. The average molecular weight is 222 g/mol.